The highest BCUT2D eigenvalue weighted by Gasteiger charge is 2.31. The Balaban J connectivity index is 1.82. The number of hydrogen-bond donors (Lipinski definition) is 2. The molecule has 2 rings (SSSR count). The molecule has 1 saturated heterocycles. The van der Waals surface area contributed by atoms with Gasteiger partial charge in [-0.1, -0.05) is 37.1 Å². The molecule has 1 amide bonds. The number of carboxylic acid groups (broad SMARTS) is 1. The first-order valence-electron chi connectivity index (χ1n) is 10.2. The first kappa shape index (κ1) is 23.9. The highest BCUT2D eigenvalue weighted by Crippen LogP contribution is 2.31. The van der Waals surface area contributed by atoms with Gasteiger partial charge < -0.3 is 15.1 Å². The largest absolute Gasteiger partial charge is 0.481 e. The number of rotatable bonds is 11. The summed E-state index contributed by atoms with van der Waals surface area (Å²) in [6, 6.07) is 4.58. The van der Waals surface area contributed by atoms with E-state index in [-0.39, 0.29) is 30.4 Å². The molecule has 166 valence electrons. The fourth-order valence-corrected chi connectivity index (χ4v) is 3.58. The van der Waals surface area contributed by atoms with Crippen molar-refractivity contribution < 1.29 is 33.0 Å². The van der Waals surface area contributed by atoms with Gasteiger partial charge in [0.1, 0.15) is 0 Å². The summed E-state index contributed by atoms with van der Waals surface area (Å²) in [6.45, 7) is 0.594. The monoisotopic (exact) mass is 427 g/mol. The Morgan fingerprint density at radius 3 is 2.67 bits per heavy atom. The van der Waals surface area contributed by atoms with Crippen LogP contribution in [0.5, 0.6) is 0 Å². The molecule has 0 aromatic heterocycles. The van der Waals surface area contributed by atoms with Crippen molar-refractivity contribution in [2.75, 3.05) is 6.54 Å². The van der Waals surface area contributed by atoms with E-state index in [1.165, 1.54) is 12.1 Å². The Bertz CT molecular complexity index is 748. The Labute approximate surface area is 174 Å². The van der Waals surface area contributed by atoms with Crippen molar-refractivity contribution in [3.05, 3.63) is 47.5 Å². The molecule has 2 N–H and O–H groups in total. The molecule has 5 nitrogen and oxygen atoms in total. The second-order valence-electron chi connectivity index (χ2n) is 7.55. The summed E-state index contributed by atoms with van der Waals surface area (Å²) in [4.78, 5) is 24.4. The number of aliphatic hydroxyl groups is 1. The van der Waals surface area contributed by atoms with E-state index in [0.29, 0.717) is 25.8 Å². The van der Waals surface area contributed by atoms with Crippen LogP contribution in [0.1, 0.15) is 68.6 Å². The molecule has 0 aliphatic carbocycles. The molecular weight excluding hydrogens is 399 g/mol. The number of alkyl halides is 3. The van der Waals surface area contributed by atoms with Gasteiger partial charge in [0.05, 0.1) is 17.7 Å². The molecule has 1 aliphatic heterocycles. The number of unbranched alkanes of at least 4 members (excludes halogenated alkanes) is 3. The maximum absolute atomic E-state index is 12.8. The number of carbonyl (C=O) groups is 2. The summed E-state index contributed by atoms with van der Waals surface area (Å²) in [5.74, 6) is -0.740. The highest BCUT2D eigenvalue weighted by atomic mass is 19.4. The molecule has 1 aromatic carbocycles. The summed E-state index contributed by atoms with van der Waals surface area (Å²) in [6.07, 6.45) is 2.56. The first-order chi connectivity index (χ1) is 14.2. The van der Waals surface area contributed by atoms with Crippen LogP contribution in [0.2, 0.25) is 0 Å². The summed E-state index contributed by atoms with van der Waals surface area (Å²) >= 11 is 0. The molecule has 1 fully saturated rings. The Morgan fingerprint density at radius 1 is 1.23 bits per heavy atom. The van der Waals surface area contributed by atoms with Gasteiger partial charge in [-0.05, 0) is 43.4 Å². The Kier molecular flexibility index (Phi) is 8.89. The molecule has 8 heteroatoms. The topological polar surface area (TPSA) is 77.8 Å². The van der Waals surface area contributed by atoms with Crippen molar-refractivity contribution in [3.8, 4) is 0 Å². The van der Waals surface area contributed by atoms with Gasteiger partial charge in [-0.2, -0.15) is 13.2 Å². The number of benzene rings is 1. The zero-order valence-corrected chi connectivity index (χ0v) is 16.8. The van der Waals surface area contributed by atoms with Crippen LogP contribution < -0.4 is 0 Å². The molecule has 1 aromatic rings. The lowest BCUT2D eigenvalue weighted by Gasteiger charge is -2.22. The minimum absolute atomic E-state index is 0.0635. The Morgan fingerprint density at radius 2 is 1.97 bits per heavy atom. The van der Waals surface area contributed by atoms with Crippen molar-refractivity contribution in [3.63, 3.8) is 0 Å². The number of amides is 1. The fourth-order valence-electron chi connectivity index (χ4n) is 3.58. The summed E-state index contributed by atoms with van der Waals surface area (Å²) in [5, 5.41) is 18.9. The van der Waals surface area contributed by atoms with E-state index >= 15 is 0 Å². The molecule has 2 atom stereocenters. The zero-order chi connectivity index (χ0) is 22.1. The summed E-state index contributed by atoms with van der Waals surface area (Å²) < 4.78 is 38.4. The van der Waals surface area contributed by atoms with E-state index in [9.17, 15) is 27.9 Å². The SMILES string of the molecule is O=C(O)CCCCCCN1C(=O)CC[C@H]1/C=C/CC(O)c1cccc(C(F)(F)F)c1. The van der Waals surface area contributed by atoms with Crippen LogP contribution >= 0.6 is 0 Å². The lowest BCUT2D eigenvalue weighted by Crippen LogP contribution is -2.32. The number of nitrogens with zero attached hydrogens (tertiary/aromatic N) is 1. The second-order valence-corrected chi connectivity index (χ2v) is 7.55. The van der Waals surface area contributed by atoms with Crippen LogP contribution in [-0.4, -0.2) is 39.6 Å². The van der Waals surface area contributed by atoms with Gasteiger partial charge in [-0.15, -0.1) is 0 Å². The van der Waals surface area contributed by atoms with Crippen molar-refractivity contribution in [2.45, 2.75) is 69.7 Å². The van der Waals surface area contributed by atoms with Gasteiger partial charge in [0.2, 0.25) is 5.91 Å². The Hall–Kier alpha value is -2.35. The van der Waals surface area contributed by atoms with E-state index in [1.54, 1.807) is 11.0 Å². The smallest absolute Gasteiger partial charge is 0.416 e. The van der Waals surface area contributed by atoms with Gasteiger partial charge in [0, 0.05) is 19.4 Å². The van der Waals surface area contributed by atoms with Crippen LogP contribution in [0.3, 0.4) is 0 Å². The van der Waals surface area contributed by atoms with Gasteiger partial charge >= 0.3 is 12.1 Å². The van der Waals surface area contributed by atoms with Crippen LogP contribution in [0.15, 0.2) is 36.4 Å². The average molecular weight is 427 g/mol. The van der Waals surface area contributed by atoms with Crippen molar-refractivity contribution in [1.29, 1.82) is 0 Å². The van der Waals surface area contributed by atoms with E-state index in [2.05, 4.69) is 0 Å². The molecule has 0 saturated carbocycles. The average Bonchev–Trinajstić information content (AvgIpc) is 3.03. The third-order valence-corrected chi connectivity index (χ3v) is 5.23. The number of carboxylic acids is 1. The predicted octanol–water partition coefficient (Wildman–Crippen LogP) is 4.71. The highest BCUT2D eigenvalue weighted by molar-refractivity contribution is 5.79. The van der Waals surface area contributed by atoms with Crippen molar-refractivity contribution in [2.24, 2.45) is 0 Å². The summed E-state index contributed by atoms with van der Waals surface area (Å²) in [5.41, 5.74) is -0.589. The quantitative estimate of drug-likeness (QED) is 0.396. The van der Waals surface area contributed by atoms with Crippen LogP contribution in [0.25, 0.3) is 0 Å². The third kappa shape index (κ3) is 7.48. The van der Waals surface area contributed by atoms with Gasteiger partial charge in [-0.25, -0.2) is 0 Å². The molecule has 30 heavy (non-hydrogen) atoms. The standard InChI is InChI=1S/C22H28F3NO4/c23-22(24,25)17-8-5-7-16(15-17)19(27)10-6-9-18-12-13-20(28)26(18)14-4-2-1-3-11-21(29)30/h5-9,15,18-19,27H,1-4,10-14H2,(H,29,30)/b9-6+/t18-,19?/m1/s1. The first-order valence-corrected chi connectivity index (χ1v) is 10.2. The van der Waals surface area contributed by atoms with E-state index < -0.39 is 23.8 Å². The third-order valence-electron chi connectivity index (χ3n) is 5.23. The van der Waals surface area contributed by atoms with Crippen molar-refractivity contribution in [1.82, 2.24) is 4.90 Å². The number of hydrogen-bond acceptors (Lipinski definition) is 3. The van der Waals surface area contributed by atoms with Crippen LogP contribution in [0.4, 0.5) is 13.2 Å². The number of halogens is 3. The number of carbonyl (C=O) groups excluding carboxylic acids is 1. The molecule has 1 aliphatic rings. The maximum Gasteiger partial charge on any atom is 0.416 e. The fraction of sp³-hybridized carbons (Fsp3) is 0.545. The maximum atomic E-state index is 12.8. The molecule has 0 bridgehead atoms. The normalized spacial score (nSPS) is 18.3. The van der Waals surface area contributed by atoms with Crippen LogP contribution in [-0.2, 0) is 15.8 Å². The van der Waals surface area contributed by atoms with Gasteiger partial charge in [0.15, 0.2) is 0 Å². The number of aliphatic carboxylic acids is 1. The summed E-state index contributed by atoms with van der Waals surface area (Å²) in [7, 11) is 0. The van der Waals surface area contributed by atoms with E-state index in [4.69, 9.17) is 5.11 Å². The molecule has 0 spiro atoms. The molecule has 0 radical (unpaired) electrons. The van der Waals surface area contributed by atoms with E-state index in [0.717, 1.165) is 31.4 Å². The zero-order valence-electron chi connectivity index (χ0n) is 16.8. The van der Waals surface area contributed by atoms with E-state index in [1.807, 2.05) is 6.08 Å². The lowest BCUT2D eigenvalue weighted by atomic mass is 10.0. The van der Waals surface area contributed by atoms with Gasteiger partial charge in [-0.3, -0.25) is 9.59 Å². The number of aliphatic hydroxyl groups excluding tert-OH is 1. The lowest BCUT2D eigenvalue weighted by molar-refractivity contribution is -0.138. The number of likely N-dealkylation sites (tertiary alicyclic amines) is 1. The molecular formula is C22H28F3NO4. The molecule has 1 heterocycles. The predicted molar refractivity (Wildman–Crippen MR) is 106 cm³/mol. The van der Waals surface area contributed by atoms with Crippen molar-refractivity contribution >= 4 is 11.9 Å². The van der Waals surface area contributed by atoms with Crippen LogP contribution in [0, 0.1) is 0 Å². The van der Waals surface area contributed by atoms with Gasteiger partial charge in [0.25, 0.3) is 0 Å². The minimum atomic E-state index is -4.45. The second kappa shape index (κ2) is 11.2. The minimum Gasteiger partial charge on any atom is -0.481 e. The molecule has 1 unspecified atom stereocenters.